The average Bonchev–Trinajstić information content (AvgIpc) is 2.55. The van der Waals surface area contributed by atoms with Crippen LogP contribution in [0.1, 0.15) is 12.5 Å². The van der Waals surface area contributed by atoms with Crippen LogP contribution in [0.25, 0.3) is 6.08 Å². The highest BCUT2D eigenvalue weighted by atomic mass is 19.3. The lowest BCUT2D eigenvalue weighted by Crippen LogP contribution is -2.08. The molecular weight excluding hydrogens is 330 g/mol. The minimum absolute atomic E-state index is 0.0165. The van der Waals surface area contributed by atoms with Crippen LogP contribution in [-0.4, -0.2) is 18.4 Å². The standard InChI is InChI=1S/C18H16F2N2O3/c1-12(23)21-14-5-2-13(3-6-14)4-11-17(24)22-15-7-9-16(10-8-15)25-18(19)20/h2-11,18H,1H3,(H,21,23)(H,22,24). The highest BCUT2D eigenvalue weighted by Gasteiger charge is 2.04. The summed E-state index contributed by atoms with van der Waals surface area (Å²) in [6.45, 7) is -1.47. The Bertz CT molecular complexity index is 757. The van der Waals surface area contributed by atoms with Crippen LogP contribution >= 0.6 is 0 Å². The molecule has 0 unspecified atom stereocenters. The molecule has 2 N–H and O–H groups in total. The van der Waals surface area contributed by atoms with Gasteiger partial charge in [0.1, 0.15) is 5.75 Å². The number of rotatable bonds is 6. The molecule has 25 heavy (non-hydrogen) atoms. The summed E-state index contributed by atoms with van der Waals surface area (Å²) in [4.78, 5) is 22.8. The van der Waals surface area contributed by atoms with Gasteiger partial charge in [-0.05, 0) is 48.0 Å². The lowest BCUT2D eigenvalue weighted by Gasteiger charge is -2.06. The van der Waals surface area contributed by atoms with Crippen molar-refractivity contribution in [2.24, 2.45) is 0 Å². The van der Waals surface area contributed by atoms with E-state index in [-0.39, 0.29) is 17.6 Å². The van der Waals surface area contributed by atoms with Crippen LogP contribution in [0, 0.1) is 0 Å². The van der Waals surface area contributed by atoms with Crippen LogP contribution in [0.3, 0.4) is 0 Å². The van der Waals surface area contributed by atoms with E-state index in [4.69, 9.17) is 0 Å². The second-order valence-electron chi connectivity index (χ2n) is 5.03. The van der Waals surface area contributed by atoms with Gasteiger partial charge in [-0.2, -0.15) is 8.78 Å². The zero-order valence-corrected chi connectivity index (χ0v) is 13.3. The Morgan fingerprint density at radius 1 is 0.960 bits per heavy atom. The number of amides is 2. The van der Waals surface area contributed by atoms with Crippen molar-refractivity contribution in [3.63, 3.8) is 0 Å². The Hall–Kier alpha value is -3.22. The maximum atomic E-state index is 12.1. The number of ether oxygens (including phenoxy) is 1. The van der Waals surface area contributed by atoms with Crippen molar-refractivity contribution in [2.75, 3.05) is 10.6 Å². The second-order valence-corrected chi connectivity index (χ2v) is 5.03. The van der Waals surface area contributed by atoms with Crippen LogP contribution in [0.15, 0.2) is 54.6 Å². The highest BCUT2D eigenvalue weighted by molar-refractivity contribution is 6.02. The number of halogens is 2. The molecule has 0 aliphatic carbocycles. The molecule has 0 aliphatic rings. The normalized spacial score (nSPS) is 10.7. The topological polar surface area (TPSA) is 67.4 Å². The van der Waals surface area contributed by atoms with Crippen molar-refractivity contribution in [3.8, 4) is 5.75 Å². The molecule has 0 fully saturated rings. The highest BCUT2D eigenvalue weighted by Crippen LogP contribution is 2.18. The van der Waals surface area contributed by atoms with Crippen molar-refractivity contribution in [1.29, 1.82) is 0 Å². The summed E-state index contributed by atoms with van der Waals surface area (Å²) in [5.41, 5.74) is 1.91. The molecule has 5 nitrogen and oxygen atoms in total. The fourth-order valence-corrected chi connectivity index (χ4v) is 1.96. The second kappa shape index (κ2) is 8.58. The summed E-state index contributed by atoms with van der Waals surface area (Å²) >= 11 is 0. The summed E-state index contributed by atoms with van der Waals surface area (Å²) in [6.07, 6.45) is 2.96. The Labute approximate surface area is 143 Å². The van der Waals surface area contributed by atoms with Crippen molar-refractivity contribution in [3.05, 3.63) is 60.2 Å². The third kappa shape index (κ3) is 6.42. The van der Waals surface area contributed by atoms with Gasteiger partial charge in [0, 0.05) is 24.4 Å². The number of hydrogen-bond donors (Lipinski definition) is 2. The van der Waals surface area contributed by atoms with Gasteiger partial charge in [-0.3, -0.25) is 9.59 Å². The number of nitrogens with one attached hydrogen (secondary N) is 2. The smallest absolute Gasteiger partial charge is 0.387 e. The van der Waals surface area contributed by atoms with Crippen molar-refractivity contribution < 1.29 is 23.1 Å². The predicted octanol–water partition coefficient (Wildman–Crippen LogP) is 3.90. The quantitative estimate of drug-likeness (QED) is 0.780. The summed E-state index contributed by atoms with van der Waals surface area (Å²) < 4.78 is 28.3. The first kappa shape index (κ1) is 18.1. The Balaban J connectivity index is 1.90. The zero-order valence-electron chi connectivity index (χ0n) is 13.3. The van der Waals surface area contributed by atoms with E-state index >= 15 is 0 Å². The van der Waals surface area contributed by atoms with E-state index in [0.717, 1.165) is 5.56 Å². The number of alkyl halides is 2. The molecule has 2 amide bonds. The molecule has 0 saturated heterocycles. The fraction of sp³-hybridized carbons (Fsp3) is 0.111. The van der Waals surface area contributed by atoms with Crippen LogP contribution in [0.2, 0.25) is 0 Å². The molecular formula is C18H16F2N2O3. The minimum atomic E-state index is -2.89. The fourth-order valence-electron chi connectivity index (χ4n) is 1.96. The van der Waals surface area contributed by atoms with Crippen LogP contribution < -0.4 is 15.4 Å². The molecule has 0 aliphatic heterocycles. The van der Waals surface area contributed by atoms with Crippen molar-refractivity contribution in [1.82, 2.24) is 0 Å². The first-order valence-electron chi connectivity index (χ1n) is 7.34. The molecule has 0 atom stereocenters. The molecule has 0 saturated carbocycles. The van der Waals surface area contributed by atoms with E-state index < -0.39 is 6.61 Å². The number of anilines is 2. The van der Waals surface area contributed by atoms with Gasteiger partial charge in [-0.1, -0.05) is 12.1 Å². The molecule has 130 valence electrons. The van der Waals surface area contributed by atoms with E-state index in [1.807, 2.05) is 0 Å². The van der Waals surface area contributed by atoms with Gasteiger partial charge in [0.05, 0.1) is 0 Å². The van der Waals surface area contributed by atoms with Gasteiger partial charge in [0.25, 0.3) is 0 Å². The van der Waals surface area contributed by atoms with Crippen LogP contribution in [0.4, 0.5) is 20.2 Å². The summed E-state index contributed by atoms with van der Waals surface area (Å²) in [6, 6.07) is 12.6. The van der Waals surface area contributed by atoms with E-state index in [1.54, 1.807) is 30.3 Å². The molecule has 0 bridgehead atoms. The number of benzene rings is 2. The molecule has 2 rings (SSSR count). The molecule has 0 radical (unpaired) electrons. The molecule has 2 aromatic carbocycles. The maximum Gasteiger partial charge on any atom is 0.387 e. The van der Waals surface area contributed by atoms with Gasteiger partial charge in [-0.15, -0.1) is 0 Å². The first-order chi connectivity index (χ1) is 11.9. The largest absolute Gasteiger partial charge is 0.435 e. The van der Waals surface area contributed by atoms with Gasteiger partial charge >= 0.3 is 6.61 Å². The molecule has 7 heteroatoms. The molecule has 0 heterocycles. The Kier molecular flexibility index (Phi) is 6.22. The van der Waals surface area contributed by atoms with E-state index in [9.17, 15) is 18.4 Å². The number of carbonyl (C=O) groups excluding carboxylic acids is 2. The zero-order chi connectivity index (χ0) is 18.2. The maximum absolute atomic E-state index is 12.1. The predicted molar refractivity (Wildman–Crippen MR) is 91.5 cm³/mol. The van der Waals surface area contributed by atoms with E-state index in [2.05, 4.69) is 15.4 Å². The number of hydrogen-bond acceptors (Lipinski definition) is 3. The Morgan fingerprint density at radius 3 is 2.08 bits per heavy atom. The van der Waals surface area contributed by atoms with E-state index in [1.165, 1.54) is 37.3 Å². The first-order valence-corrected chi connectivity index (χ1v) is 7.34. The van der Waals surface area contributed by atoms with Crippen LogP contribution in [-0.2, 0) is 9.59 Å². The van der Waals surface area contributed by atoms with Gasteiger partial charge in [0.2, 0.25) is 11.8 Å². The molecule has 2 aromatic rings. The minimum Gasteiger partial charge on any atom is -0.435 e. The van der Waals surface area contributed by atoms with E-state index in [0.29, 0.717) is 11.4 Å². The molecule has 0 spiro atoms. The summed E-state index contributed by atoms with van der Waals surface area (Å²) in [5.74, 6) is -0.510. The van der Waals surface area contributed by atoms with Crippen molar-refractivity contribution >= 4 is 29.3 Å². The monoisotopic (exact) mass is 346 g/mol. The lowest BCUT2D eigenvalue weighted by molar-refractivity contribution is -0.114. The lowest BCUT2D eigenvalue weighted by atomic mass is 10.2. The number of carbonyl (C=O) groups is 2. The summed E-state index contributed by atoms with van der Waals surface area (Å²) in [7, 11) is 0. The summed E-state index contributed by atoms with van der Waals surface area (Å²) in [5, 5.41) is 5.25. The Morgan fingerprint density at radius 2 is 1.52 bits per heavy atom. The van der Waals surface area contributed by atoms with Gasteiger partial charge in [0.15, 0.2) is 0 Å². The van der Waals surface area contributed by atoms with Crippen LogP contribution in [0.5, 0.6) is 5.75 Å². The van der Waals surface area contributed by atoms with Gasteiger partial charge in [-0.25, -0.2) is 0 Å². The SMILES string of the molecule is CC(=O)Nc1ccc(C=CC(=O)Nc2ccc(OC(F)F)cc2)cc1. The van der Waals surface area contributed by atoms with Crippen molar-refractivity contribution in [2.45, 2.75) is 13.5 Å². The molecule has 0 aromatic heterocycles. The van der Waals surface area contributed by atoms with Gasteiger partial charge < -0.3 is 15.4 Å². The third-order valence-electron chi connectivity index (χ3n) is 3.01. The third-order valence-corrected chi connectivity index (χ3v) is 3.01. The average molecular weight is 346 g/mol.